The number of nitrogens with one attached hydrogen (secondary N) is 1. The van der Waals surface area contributed by atoms with Crippen LogP contribution in [0.15, 0.2) is 0 Å². The molecule has 0 saturated heterocycles. The van der Waals surface area contributed by atoms with Gasteiger partial charge in [0.25, 0.3) is 0 Å². The molecule has 0 aromatic rings. The van der Waals surface area contributed by atoms with Gasteiger partial charge in [0.2, 0.25) is 5.91 Å². The summed E-state index contributed by atoms with van der Waals surface area (Å²) in [5.74, 6) is -0.246. The third kappa shape index (κ3) is 6.24. The third-order valence-corrected chi connectivity index (χ3v) is 3.23. The van der Waals surface area contributed by atoms with Gasteiger partial charge < -0.3 is 15.8 Å². The van der Waals surface area contributed by atoms with Gasteiger partial charge in [-0.2, -0.15) is 13.2 Å². The topological polar surface area (TPSA) is 64.4 Å². The number of amides is 1. The van der Waals surface area contributed by atoms with Crippen molar-refractivity contribution in [3.8, 4) is 0 Å². The molecule has 1 saturated carbocycles. The molecule has 1 aliphatic rings. The van der Waals surface area contributed by atoms with E-state index in [9.17, 15) is 18.0 Å². The van der Waals surface area contributed by atoms with Crippen LogP contribution in [0.3, 0.4) is 0 Å². The molecule has 0 aromatic heterocycles. The monoisotopic (exact) mass is 282 g/mol. The molecule has 0 aromatic carbocycles. The second-order valence-electron chi connectivity index (χ2n) is 4.94. The first-order valence-corrected chi connectivity index (χ1v) is 6.56. The van der Waals surface area contributed by atoms with Gasteiger partial charge in [-0.1, -0.05) is 6.92 Å². The number of nitrogens with two attached hydrogens (primary N) is 1. The Bertz CT molecular complexity index is 297. The van der Waals surface area contributed by atoms with E-state index in [0.29, 0.717) is 19.3 Å². The summed E-state index contributed by atoms with van der Waals surface area (Å²) in [6.07, 6.45) is -1.70. The number of carbonyl (C=O) groups is 1. The molecule has 1 rings (SSSR count). The molecule has 0 bridgehead atoms. The number of hydrogen-bond acceptors (Lipinski definition) is 3. The minimum absolute atomic E-state index is 0.142. The third-order valence-electron chi connectivity index (χ3n) is 3.23. The van der Waals surface area contributed by atoms with Gasteiger partial charge in [0, 0.05) is 6.04 Å². The van der Waals surface area contributed by atoms with Crippen LogP contribution in [-0.2, 0) is 9.53 Å². The molecule has 0 radical (unpaired) electrons. The van der Waals surface area contributed by atoms with Gasteiger partial charge in [0.1, 0.15) is 6.61 Å². The SMILES string of the molecule is CCC(N)C(=O)NC1CCCC(OCC(F)(F)F)C1. The van der Waals surface area contributed by atoms with Gasteiger partial charge in [-0.05, 0) is 32.1 Å². The van der Waals surface area contributed by atoms with E-state index in [2.05, 4.69) is 5.32 Å². The van der Waals surface area contributed by atoms with E-state index >= 15 is 0 Å². The van der Waals surface area contributed by atoms with Crippen LogP contribution in [-0.4, -0.2) is 36.9 Å². The largest absolute Gasteiger partial charge is 0.411 e. The highest BCUT2D eigenvalue weighted by molar-refractivity contribution is 5.81. The molecular weight excluding hydrogens is 261 g/mol. The first kappa shape index (κ1) is 16.2. The van der Waals surface area contributed by atoms with Crippen LogP contribution in [0.2, 0.25) is 0 Å². The minimum atomic E-state index is -4.30. The number of halogens is 3. The summed E-state index contributed by atoms with van der Waals surface area (Å²) in [7, 11) is 0. The molecule has 0 aliphatic heterocycles. The Morgan fingerprint density at radius 2 is 2.16 bits per heavy atom. The van der Waals surface area contributed by atoms with Crippen molar-refractivity contribution in [2.24, 2.45) is 5.73 Å². The average molecular weight is 282 g/mol. The zero-order valence-corrected chi connectivity index (χ0v) is 11.0. The smallest absolute Gasteiger partial charge is 0.369 e. The Balaban J connectivity index is 2.36. The van der Waals surface area contributed by atoms with Crippen molar-refractivity contribution in [1.82, 2.24) is 5.32 Å². The molecule has 3 N–H and O–H groups in total. The zero-order chi connectivity index (χ0) is 14.5. The Labute approximate surface area is 110 Å². The molecule has 112 valence electrons. The van der Waals surface area contributed by atoms with Gasteiger partial charge in [0.05, 0.1) is 12.1 Å². The van der Waals surface area contributed by atoms with Gasteiger partial charge in [-0.15, -0.1) is 0 Å². The molecule has 3 unspecified atom stereocenters. The Morgan fingerprint density at radius 3 is 2.74 bits per heavy atom. The highest BCUT2D eigenvalue weighted by Gasteiger charge is 2.31. The van der Waals surface area contributed by atoms with Crippen LogP contribution < -0.4 is 11.1 Å². The molecular formula is C12H21F3N2O2. The molecule has 0 spiro atoms. The van der Waals surface area contributed by atoms with Gasteiger partial charge >= 0.3 is 6.18 Å². The van der Waals surface area contributed by atoms with Crippen molar-refractivity contribution < 1.29 is 22.7 Å². The van der Waals surface area contributed by atoms with E-state index in [1.807, 2.05) is 0 Å². The van der Waals surface area contributed by atoms with Gasteiger partial charge in [-0.3, -0.25) is 4.79 Å². The Kier molecular flexibility index (Phi) is 6.06. The highest BCUT2D eigenvalue weighted by Crippen LogP contribution is 2.24. The molecule has 1 amide bonds. The second-order valence-corrected chi connectivity index (χ2v) is 4.94. The molecule has 1 aliphatic carbocycles. The number of carbonyl (C=O) groups excluding carboxylic acids is 1. The van der Waals surface area contributed by atoms with E-state index in [1.165, 1.54) is 0 Å². The lowest BCUT2D eigenvalue weighted by atomic mass is 9.92. The van der Waals surface area contributed by atoms with E-state index in [4.69, 9.17) is 10.5 Å². The average Bonchev–Trinajstić information content (AvgIpc) is 2.35. The maximum absolute atomic E-state index is 12.1. The van der Waals surface area contributed by atoms with Gasteiger partial charge in [0.15, 0.2) is 0 Å². The summed E-state index contributed by atoms with van der Waals surface area (Å²) < 4.78 is 41.0. The molecule has 1 fully saturated rings. The van der Waals surface area contributed by atoms with Gasteiger partial charge in [-0.25, -0.2) is 0 Å². The van der Waals surface area contributed by atoms with Crippen LogP contribution in [0, 0.1) is 0 Å². The summed E-state index contributed by atoms with van der Waals surface area (Å²) in [6, 6.07) is -0.700. The maximum Gasteiger partial charge on any atom is 0.411 e. The summed E-state index contributed by atoms with van der Waals surface area (Å²) in [5.41, 5.74) is 5.59. The van der Waals surface area contributed by atoms with E-state index < -0.39 is 24.9 Å². The molecule has 4 nitrogen and oxygen atoms in total. The highest BCUT2D eigenvalue weighted by atomic mass is 19.4. The van der Waals surface area contributed by atoms with E-state index in [1.54, 1.807) is 6.92 Å². The number of alkyl halides is 3. The van der Waals surface area contributed by atoms with Crippen LogP contribution in [0.4, 0.5) is 13.2 Å². The van der Waals surface area contributed by atoms with Crippen LogP contribution >= 0.6 is 0 Å². The lowest BCUT2D eigenvalue weighted by Crippen LogP contribution is -2.47. The predicted octanol–water partition coefficient (Wildman–Crippen LogP) is 1.73. The van der Waals surface area contributed by atoms with Crippen molar-refractivity contribution >= 4 is 5.91 Å². The first-order valence-electron chi connectivity index (χ1n) is 6.56. The predicted molar refractivity (Wildman–Crippen MR) is 64.5 cm³/mol. The summed E-state index contributed by atoms with van der Waals surface area (Å²) in [4.78, 5) is 11.6. The van der Waals surface area contributed by atoms with Crippen molar-refractivity contribution in [3.63, 3.8) is 0 Å². The zero-order valence-electron chi connectivity index (χ0n) is 11.0. The molecule has 0 heterocycles. The summed E-state index contributed by atoms with van der Waals surface area (Å²) in [6.45, 7) is 0.577. The summed E-state index contributed by atoms with van der Waals surface area (Å²) >= 11 is 0. The first-order chi connectivity index (χ1) is 8.81. The quantitative estimate of drug-likeness (QED) is 0.807. The second kappa shape index (κ2) is 7.09. The Hall–Kier alpha value is -0.820. The normalized spacial score (nSPS) is 25.9. The number of rotatable bonds is 5. The van der Waals surface area contributed by atoms with Crippen LogP contribution in [0.5, 0.6) is 0 Å². The fourth-order valence-electron chi connectivity index (χ4n) is 2.13. The molecule has 7 heteroatoms. The lowest BCUT2D eigenvalue weighted by Gasteiger charge is -2.30. The van der Waals surface area contributed by atoms with Crippen molar-refractivity contribution in [2.75, 3.05) is 6.61 Å². The lowest BCUT2D eigenvalue weighted by molar-refractivity contribution is -0.188. The fourth-order valence-corrected chi connectivity index (χ4v) is 2.13. The van der Waals surface area contributed by atoms with Crippen LogP contribution in [0.1, 0.15) is 39.0 Å². The minimum Gasteiger partial charge on any atom is -0.369 e. The number of hydrogen-bond donors (Lipinski definition) is 2. The van der Waals surface area contributed by atoms with E-state index in [0.717, 1.165) is 12.8 Å². The Morgan fingerprint density at radius 1 is 1.47 bits per heavy atom. The van der Waals surface area contributed by atoms with Crippen molar-refractivity contribution in [3.05, 3.63) is 0 Å². The standard InChI is InChI=1S/C12H21F3N2O2/c1-2-10(16)11(18)17-8-4-3-5-9(6-8)19-7-12(13,14)15/h8-10H,2-7,16H2,1H3,(H,17,18). The maximum atomic E-state index is 12.1. The van der Waals surface area contributed by atoms with Crippen LogP contribution in [0.25, 0.3) is 0 Å². The fraction of sp³-hybridized carbons (Fsp3) is 0.917. The van der Waals surface area contributed by atoms with Crippen molar-refractivity contribution in [1.29, 1.82) is 0 Å². The number of ether oxygens (including phenoxy) is 1. The summed E-state index contributed by atoms with van der Waals surface area (Å²) in [5, 5.41) is 2.77. The van der Waals surface area contributed by atoms with Crippen molar-refractivity contribution in [2.45, 2.75) is 63.4 Å². The molecule has 19 heavy (non-hydrogen) atoms. The van der Waals surface area contributed by atoms with E-state index in [-0.39, 0.29) is 11.9 Å². The molecule has 3 atom stereocenters.